The van der Waals surface area contributed by atoms with Crippen LogP contribution in [0.25, 0.3) is 0 Å². The largest absolute Gasteiger partial charge is 0.496 e. The Bertz CT molecular complexity index is 471. The lowest BCUT2D eigenvalue weighted by molar-refractivity contribution is 0.0953. The molecule has 2 saturated carbocycles. The van der Waals surface area contributed by atoms with Gasteiger partial charge < -0.3 is 4.74 Å². The summed E-state index contributed by atoms with van der Waals surface area (Å²) in [6, 6.07) is 5.67. The number of halogens is 1. The molecule has 0 aliphatic heterocycles. The fourth-order valence-electron chi connectivity index (χ4n) is 3.43. The van der Waals surface area contributed by atoms with Crippen LogP contribution in [0.4, 0.5) is 0 Å². The fraction of sp³-hybridized carbons (Fsp3) is 0.533. The summed E-state index contributed by atoms with van der Waals surface area (Å²) in [5.74, 6) is 2.54. The summed E-state index contributed by atoms with van der Waals surface area (Å²) in [6.07, 6.45) is 5.05. The Morgan fingerprint density at radius 3 is 2.56 bits per heavy atom. The van der Waals surface area contributed by atoms with E-state index in [9.17, 15) is 4.79 Å². The standard InChI is InChI=1S/C15H17BrO2/c1-18-13-7-6-9(16)8-12(13)15(17)14-10-4-2-3-5-11(10)14/h6-8,10-11,14H,2-5H2,1H3. The first-order valence-corrected chi connectivity index (χ1v) is 7.39. The minimum atomic E-state index is 0.260. The van der Waals surface area contributed by atoms with Gasteiger partial charge in [0, 0.05) is 10.4 Å². The van der Waals surface area contributed by atoms with Crippen LogP contribution in [-0.4, -0.2) is 12.9 Å². The van der Waals surface area contributed by atoms with E-state index in [0.717, 1.165) is 10.0 Å². The predicted molar refractivity (Wildman–Crippen MR) is 74.0 cm³/mol. The van der Waals surface area contributed by atoms with Crippen molar-refractivity contribution in [3.05, 3.63) is 28.2 Å². The second kappa shape index (κ2) is 4.69. The molecule has 2 nitrogen and oxygen atoms in total. The fourth-order valence-corrected chi connectivity index (χ4v) is 3.79. The van der Waals surface area contributed by atoms with E-state index in [-0.39, 0.29) is 11.7 Å². The van der Waals surface area contributed by atoms with Crippen molar-refractivity contribution in [3.8, 4) is 5.75 Å². The van der Waals surface area contributed by atoms with E-state index in [4.69, 9.17) is 4.74 Å². The Kier molecular flexibility index (Phi) is 3.18. The third-order valence-electron chi connectivity index (χ3n) is 4.39. The Morgan fingerprint density at radius 1 is 1.28 bits per heavy atom. The van der Waals surface area contributed by atoms with Crippen LogP contribution in [-0.2, 0) is 0 Å². The Hall–Kier alpha value is -0.830. The zero-order valence-electron chi connectivity index (χ0n) is 10.5. The first-order chi connectivity index (χ1) is 8.72. The first-order valence-electron chi connectivity index (χ1n) is 6.60. The molecule has 2 unspecified atom stereocenters. The number of fused-ring (bicyclic) bond motifs is 1. The highest BCUT2D eigenvalue weighted by atomic mass is 79.9. The quantitative estimate of drug-likeness (QED) is 0.787. The number of carbonyl (C=O) groups excluding carboxylic acids is 1. The molecule has 96 valence electrons. The van der Waals surface area contributed by atoms with E-state index in [2.05, 4.69) is 15.9 Å². The van der Waals surface area contributed by atoms with Gasteiger partial charge in [-0.3, -0.25) is 4.79 Å². The van der Waals surface area contributed by atoms with Gasteiger partial charge in [-0.15, -0.1) is 0 Å². The van der Waals surface area contributed by atoms with E-state index >= 15 is 0 Å². The maximum absolute atomic E-state index is 12.6. The highest BCUT2D eigenvalue weighted by Crippen LogP contribution is 2.57. The molecule has 2 aliphatic rings. The van der Waals surface area contributed by atoms with E-state index in [1.807, 2.05) is 18.2 Å². The summed E-state index contributed by atoms with van der Waals surface area (Å²) >= 11 is 3.43. The van der Waals surface area contributed by atoms with Crippen molar-refractivity contribution in [1.82, 2.24) is 0 Å². The van der Waals surface area contributed by atoms with Crippen LogP contribution >= 0.6 is 15.9 Å². The Labute approximate surface area is 116 Å². The monoisotopic (exact) mass is 308 g/mol. The lowest BCUT2D eigenvalue weighted by Gasteiger charge is -2.07. The SMILES string of the molecule is COc1ccc(Br)cc1C(=O)C1C2CCCCC21. The average molecular weight is 309 g/mol. The van der Waals surface area contributed by atoms with Gasteiger partial charge in [0.15, 0.2) is 5.78 Å². The van der Waals surface area contributed by atoms with E-state index in [0.29, 0.717) is 17.6 Å². The normalized spacial score (nSPS) is 29.6. The second-order valence-corrected chi connectivity index (χ2v) is 6.26. The number of Topliss-reactive ketones (excluding diaryl/α,β-unsaturated/α-hetero) is 1. The van der Waals surface area contributed by atoms with Crippen molar-refractivity contribution < 1.29 is 9.53 Å². The number of benzene rings is 1. The van der Waals surface area contributed by atoms with Crippen LogP contribution < -0.4 is 4.74 Å². The van der Waals surface area contributed by atoms with Gasteiger partial charge in [0.05, 0.1) is 12.7 Å². The van der Waals surface area contributed by atoms with Crippen LogP contribution in [0.3, 0.4) is 0 Å². The Morgan fingerprint density at radius 2 is 1.94 bits per heavy atom. The molecule has 3 rings (SSSR count). The number of hydrogen-bond donors (Lipinski definition) is 0. The molecule has 0 saturated heterocycles. The van der Waals surface area contributed by atoms with Gasteiger partial charge in [-0.05, 0) is 42.9 Å². The molecule has 0 spiro atoms. The lowest BCUT2D eigenvalue weighted by Crippen LogP contribution is -2.06. The molecule has 0 heterocycles. The van der Waals surface area contributed by atoms with Crippen LogP contribution in [0.15, 0.2) is 22.7 Å². The highest BCUT2D eigenvalue weighted by Gasteiger charge is 2.54. The summed E-state index contributed by atoms with van der Waals surface area (Å²) in [5.41, 5.74) is 0.742. The molecular formula is C15H17BrO2. The van der Waals surface area contributed by atoms with E-state index in [1.165, 1.54) is 25.7 Å². The lowest BCUT2D eigenvalue weighted by atomic mass is 10.0. The molecule has 2 atom stereocenters. The molecule has 0 N–H and O–H groups in total. The van der Waals surface area contributed by atoms with Crippen LogP contribution in [0.5, 0.6) is 5.75 Å². The van der Waals surface area contributed by atoms with Gasteiger partial charge in [0.25, 0.3) is 0 Å². The van der Waals surface area contributed by atoms with Gasteiger partial charge in [0.1, 0.15) is 5.75 Å². The van der Waals surface area contributed by atoms with E-state index < -0.39 is 0 Å². The molecular weight excluding hydrogens is 292 g/mol. The van der Waals surface area contributed by atoms with Crippen molar-refractivity contribution in [2.75, 3.05) is 7.11 Å². The van der Waals surface area contributed by atoms with Gasteiger partial charge in [-0.25, -0.2) is 0 Å². The summed E-state index contributed by atoms with van der Waals surface area (Å²) < 4.78 is 6.25. The summed E-state index contributed by atoms with van der Waals surface area (Å²) in [5, 5.41) is 0. The third kappa shape index (κ3) is 1.99. The maximum atomic E-state index is 12.6. The van der Waals surface area contributed by atoms with Crippen LogP contribution in [0.1, 0.15) is 36.0 Å². The molecule has 3 heteroatoms. The zero-order valence-corrected chi connectivity index (χ0v) is 12.1. The molecule has 2 aliphatic carbocycles. The van der Waals surface area contributed by atoms with Crippen LogP contribution in [0, 0.1) is 17.8 Å². The minimum Gasteiger partial charge on any atom is -0.496 e. The second-order valence-electron chi connectivity index (χ2n) is 5.35. The number of ether oxygens (including phenoxy) is 1. The van der Waals surface area contributed by atoms with Crippen molar-refractivity contribution in [1.29, 1.82) is 0 Å². The average Bonchev–Trinajstić information content (AvgIpc) is 3.12. The van der Waals surface area contributed by atoms with Gasteiger partial charge >= 0.3 is 0 Å². The number of hydrogen-bond acceptors (Lipinski definition) is 2. The van der Waals surface area contributed by atoms with Crippen LogP contribution in [0.2, 0.25) is 0 Å². The summed E-state index contributed by atoms with van der Waals surface area (Å²) in [4.78, 5) is 12.6. The van der Waals surface area contributed by atoms with Gasteiger partial charge in [0.2, 0.25) is 0 Å². The molecule has 0 amide bonds. The van der Waals surface area contributed by atoms with Gasteiger partial charge in [-0.1, -0.05) is 28.8 Å². The number of rotatable bonds is 3. The number of carbonyl (C=O) groups is 1. The number of ketones is 1. The highest BCUT2D eigenvalue weighted by molar-refractivity contribution is 9.10. The third-order valence-corrected chi connectivity index (χ3v) is 4.88. The van der Waals surface area contributed by atoms with E-state index in [1.54, 1.807) is 7.11 Å². The predicted octanol–water partition coefficient (Wildman–Crippen LogP) is 4.08. The topological polar surface area (TPSA) is 26.3 Å². The Balaban J connectivity index is 1.86. The zero-order chi connectivity index (χ0) is 12.7. The number of methoxy groups -OCH3 is 1. The molecule has 0 aromatic heterocycles. The van der Waals surface area contributed by atoms with Crippen molar-refractivity contribution in [2.24, 2.45) is 17.8 Å². The minimum absolute atomic E-state index is 0.260. The molecule has 0 radical (unpaired) electrons. The van der Waals surface area contributed by atoms with Crippen molar-refractivity contribution in [3.63, 3.8) is 0 Å². The molecule has 2 fully saturated rings. The molecule has 1 aromatic rings. The molecule has 18 heavy (non-hydrogen) atoms. The van der Waals surface area contributed by atoms with Crippen molar-refractivity contribution in [2.45, 2.75) is 25.7 Å². The first kappa shape index (κ1) is 12.2. The molecule has 0 bridgehead atoms. The smallest absolute Gasteiger partial charge is 0.170 e. The molecule has 1 aromatic carbocycles. The summed E-state index contributed by atoms with van der Waals surface area (Å²) in [6.45, 7) is 0. The van der Waals surface area contributed by atoms with Gasteiger partial charge in [-0.2, -0.15) is 0 Å². The maximum Gasteiger partial charge on any atom is 0.170 e. The summed E-state index contributed by atoms with van der Waals surface area (Å²) in [7, 11) is 1.62. The van der Waals surface area contributed by atoms with Crippen molar-refractivity contribution >= 4 is 21.7 Å².